The molecule has 1 aliphatic rings. The zero-order valence-electron chi connectivity index (χ0n) is 15.4. The van der Waals surface area contributed by atoms with Crippen molar-refractivity contribution in [3.63, 3.8) is 0 Å². The van der Waals surface area contributed by atoms with E-state index in [0.717, 1.165) is 29.2 Å². The zero-order valence-corrected chi connectivity index (χ0v) is 16.3. The van der Waals surface area contributed by atoms with Gasteiger partial charge in [-0.05, 0) is 55.5 Å². The summed E-state index contributed by atoms with van der Waals surface area (Å²) in [5.74, 6) is 0.537. The van der Waals surface area contributed by atoms with E-state index in [1.54, 1.807) is 16.2 Å². The highest BCUT2D eigenvalue weighted by Crippen LogP contribution is 2.21. The molecule has 0 saturated carbocycles. The van der Waals surface area contributed by atoms with Crippen LogP contribution in [-0.2, 0) is 11.3 Å². The third kappa shape index (κ3) is 5.47. The van der Waals surface area contributed by atoms with Gasteiger partial charge in [0.1, 0.15) is 5.75 Å². The molecule has 2 heterocycles. The van der Waals surface area contributed by atoms with Crippen molar-refractivity contribution in [1.29, 1.82) is 0 Å². The minimum absolute atomic E-state index is 0.0464. The van der Waals surface area contributed by atoms with Crippen molar-refractivity contribution in [3.8, 4) is 5.75 Å². The highest BCUT2D eigenvalue weighted by Gasteiger charge is 2.28. The number of benzene rings is 1. The number of anilines is 1. The Hall–Kier alpha value is -2.54. The maximum atomic E-state index is 12.6. The molecule has 2 aromatic rings. The molecule has 1 aromatic carbocycles. The lowest BCUT2D eigenvalue weighted by atomic mass is 9.97. The van der Waals surface area contributed by atoms with Gasteiger partial charge in [0.05, 0.1) is 19.1 Å². The molecule has 1 fully saturated rings. The van der Waals surface area contributed by atoms with Crippen molar-refractivity contribution >= 4 is 29.0 Å². The minimum Gasteiger partial charge on any atom is -0.494 e. The Morgan fingerprint density at radius 3 is 2.78 bits per heavy atom. The van der Waals surface area contributed by atoms with Crippen molar-refractivity contribution < 1.29 is 14.3 Å². The summed E-state index contributed by atoms with van der Waals surface area (Å²) in [6.07, 6.45) is 1.62. The molecular weight excluding hydrogens is 362 g/mol. The van der Waals surface area contributed by atoms with Crippen molar-refractivity contribution in [3.05, 3.63) is 46.7 Å². The van der Waals surface area contributed by atoms with Crippen molar-refractivity contribution in [2.24, 2.45) is 5.92 Å². The molecular formula is C20H25N3O3S. The lowest BCUT2D eigenvalue weighted by molar-refractivity contribution is -0.121. The maximum Gasteiger partial charge on any atom is 0.317 e. The van der Waals surface area contributed by atoms with Gasteiger partial charge in [-0.1, -0.05) is 6.07 Å². The first-order valence-corrected chi connectivity index (χ1v) is 10.1. The van der Waals surface area contributed by atoms with E-state index < -0.39 is 0 Å². The normalized spacial score (nSPS) is 16.6. The van der Waals surface area contributed by atoms with Crippen LogP contribution in [0.15, 0.2) is 41.8 Å². The quantitative estimate of drug-likeness (QED) is 0.794. The van der Waals surface area contributed by atoms with Gasteiger partial charge in [-0.15, -0.1) is 11.3 Å². The fraction of sp³-hybridized carbons (Fsp3) is 0.400. The number of hydrogen-bond acceptors (Lipinski definition) is 4. The number of urea groups is 1. The van der Waals surface area contributed by atoms with Crippen LogP contribution in [0.1, 0.15) is 24.6 Å². The molecule has 1 saturated heterocycles. The number of carbonyl (C=O) groups is 2. The second-order valence-corrected chi connectivity index (χ2v) is 7.50. The molecule has 3 rings (SSSR count). The number of amides is 3. The first-order valence-electron chi connectivity index (χ1n) is 9.24. The maximum absolute atomic E-state index is 12.6. The summed E-state index contributed by atoms with van der Waals surface area (Å²) < 4.78 is 5.41. The van der Waals surface area contributed by atoms with Gasteiger partial charge in [-0.3, -0.25) is 4.79 Å². The highest BCUT2D eigenvalue weighted by molar-refractivity contribution is 7.09. The average Bonchev–Trinajstić information content (AvgIpc) is 3.21. The van der Waals surface area contributed by atoms with Crippen LogP contribution in [0.2, 0.25) is 0 Å². The Morgan fingerprint density at radius 2 is 2.07 bits per heavy atom. The number of nitrogens with zero attached hydrogens (tertiary/aromatic N) is 1. The molecule has 1 aliphatic heterocycles. The molecule has 0 radical (unpaired) electrons. The van der Waals surface area contributed by atoms with E-state index in [4.69, 9.17) is 4.74 Å². The van der Waals surface area contributed by atoms with Gasteiger partial charge in [-0.2, -0.15) is 0 Å². The molecule has 1 aromatic heterocycles. The number of ether oxygens (including phenoxy) is 1. The van der Waals surface area contributed by atoms with E-state index in [9.17, 15) is 9.59 Å². The van der Waals surface area contributed by atoms with Crippen LogP contribution in [0.4, 0.5) is 10.5 Å². The van der Waals surface area contributed by atoms with Gasteiger partial charge >= 0.3 is 6.03 Å². The zero-order chi connectivity index (χ0) is 19.1. The van der Waals surface area contributed by atoms with Crippen molar-refractivity contribution in [2.45, 2.75) is 26.3 Å². The van der Waals surface area contributed by atoms with E-state index in [1.807, 2.05) is 48.7 Å². The van der Waals surface area contributed by atoms with E-state index in [1.165, 1.54) is 0 Å². The van der Waals surface area contributed by atoms with Crippen LogP contribution < -0.4 is 15.4 Å². The molecule has 0 bridgehead atoms. The lowest BCUT2D eigenvalue weighted by Crippen LogP contribution is -2.47. The minimum atomic E-state index is -0.196. The van der Waals surface area contributed by atoms with E-state index in [-0.39, 0.29) is 17.9 Å². The van der Waals surface area contributed by atoms with Crippen LogP contribution in [0.3, 0.4) is 0 Å². The van der Waals surface area contributed by atoms with Crippen molar-refractivity contribution in [2.75, 3.05) is 25.0 Å². The summed E-state index contributed by atoms with van der Waals surface area (Å²) in [6.45, 7) is 4.19. The number of likely N-dealkylation sites (tertiary alicyclic amines) is 1. The Balaban J connectivity index is 1.50. The summed E-state index contributed by atoms with van der Waals surface area (Å²) in [4.78, 5) is 27.8. The van der Waals surface area contributed by atoms with E-state index >= 15 is 0 Å². The van der Waals surface area contributed by atoms with Crippen LogP contribution in [0.5, 0.6) is 5.75 Å². The molecule has 0 spiro atoms. The number of rotatable bonds is 6. The topological polar surface area (TPSA) is 70.7 Å². The monoisotopic (exact) mass is 387 g/mol. The largest absolute Gasteiger partial charge is 0.494 e. The molecule has 2 N–H and O–H groups in total. The van der Waals surface area contributed by atoms with Crippen LogP contribution in [-0.4, -0.2) is 36.5 Å². The Kier molecular flexibility index (Phi) is 6.70. The molecule has 0 aliphatic carbocycles. The predicted octanol–water partition coefficient (Wildman–Crippen LogP) is 3.71. The molecule has 6 nitrogen and oxygen atoms in total. The van der Waals surface area contributed by atoms with Crippen LogP contribution in [0.25, 0.3) is 0 Å². The third-order valence-corrected chi connectivity index (χ3v) is 5.38. The Labute approximate surface area is 163 Å². The third-order valence-electron chi connectivity index (χ3n) is 4.51. The fourth-order valence-electron chi connectivity index (χ4n) is 3.11. The number of carbonyl (C=O) groups excluding carboxylic acids is 2. The summed E-state index contributed by atoms with van der Waals surface area (Å²) >= 11 is 1.62. The van der Waals surface area contributed by atoms with Gasteiger partial charge in [0, 0.05) is 23.7 Å². The smallest absolute Gasteiger partial charge is 0.317 e. The number of hydrogen-bond donors (Lipinski definition) is 2. The summed E-state index contributed by atoms with van der Waals surface area (Å²) in [7, 11) is 0. The first-order chi connectivity index (χ1) is 13.2. The summed E-state index contributed by atoms with van der Waals surface area (Å²) in [6, 6.07) is 11.2. The summed E-state index contributed by atoms with van der Waals surface area (Å²) in [5.41, 5.74) is 0.739. The highest BCUT2D eigenvalue weighted by atomic mass is 32.1. The number of nitrogens with one attached hydrogen (secondary N) is 2. The van der Waals surface area contributed by atoms with E-state index in [2.05, 4.69) is 10.6 Å². The van der Waals surface area contributed by atoms with E-state index in [0.29, 0.717) is 26.2 Å². The molecule has 7 heteroatoms. The van der Waals surface area contributed by atoms with Crippen molar-refractivity contribution in [1.82, 2.24) is 10.2 Å². The Bertz CT molecular complexity index is 746. The van der Waals surface area contributed by atoms with Gasteiger partial charge in [0.25, 0.3) is 0 Å². The standard InChI is InChI=1S/C20H25N3O3S/c1-2-26-17-9-7-16(8-10-17)22-19(24)15-5-3-11-23(14-15)20(25)21-13-18-6-4-12-27-18/h4,6-10,12,15H,2-3,5,11,13-14H2,1H3,(H,21,25)(H,22,24). The average molecular weight is 388 g/mol. The second-order valence-electron chi connectivity index (χ2n) is 6.47. The lowest BCUT2D eigenvalue weighted by Gasteiger charge is -2.32. The van der Waals surface area contributed by atoms with Gasteiger partial charge in [0.2, 0.25) is 5.91 Å². The second kappa shape index (κ2) is 9.41. The van der Waals surface area contributed by atoms with Crippen LogP contribution >= 0.6 is 11.3 Å². The molecule has 3 amide bonds. The molecule has 144 valence electrons. The molecule has 1 unspecified atom stereocenters. The number of piperidine rings is 1. The number of thiophene rings is 1. The Morgan fingerprint density at radius 1 is 1.26 bits per heavy atom. The van der Waals surface area contributed by atoms with Gasteiger partial charge in [0.15, 0.2) is 0 Å². The van der Waals surface area contributed by atoms with Gasteiger partial charge < -0.3 is 20.3 Å². The SMILES string of the molecule is CCOc1ccc(NC(=O)C2CCCN(C(=O)NCc3cccs3)C2)cc1. The summed E-state index contributed by atoms with van der Waals surface area (Å²) in [5, 5.41) is 7.87. The fourth-order valence-corrected chi connectivity index (χ4v) is 3.75. The first kappa shape index (κ1) is 19.2. The molecule has 27 heavy (non-hydrogen) atoms. The molecule has 1 atom stereocenters. The predicted molar refractivity (Wildman–Crippen MR) is 107 cm³/mol. The van der Waals surface area contributed by atoms with Gasteiger partial charge in [-0.25, -0.2) is 4.79 Å². The van der Waals surface area contributed by atoms with Crippen LogP contribution in [0, 0.1) is 5.92 Å².